The molecule has 0 bridgehead atoms. The number of sulfonamides is 1. The first kappa shape index (κ1) is 18.0. The number of carbonyl (C=O) groups excluding carboxylic acids is 1. The van der Waals surface area contributed by atoms with E-state index >= 15 is 0 Å². The number of amides is 1. The highest BCUT2D eigenvalue weighted by Crippen LogP contribution is 2.29. The lowest BCUT2D eigenvalue weighted by Gasteiger charge is -2.34. The number of piperidine rings is 1. The Balaban J connectivity index is 1.72. The predicted octanol–water partition coefficient (Wildman–Crippen LogP) is 3.46. The fourth-order valence-corrected chi connectivity index (χ4v) is 5.82. The smallest absolute Gasteiger partial charge is 0.252 e. The van der Waals surface area contributed by atoms with Crippen LogP contribution in [0.25, 0.3) is 0 Å². The number of hydrogen-bond donors (Lipinski definition) is 1. The van der Waals surface area contributed by atoms with Crippen molar-refractivity contribution in [1.82, 2.24) is 4.31 Å². The van der Waals surface area contributed by atoms with E-state index in [1.54, 1.807) is 23.6 Å². The van der Waals surface area contributed by atoms with E-state index < -0.39 is 15.8 Å². The number of rotatable bonds is 5. The Hall–Kier alpha value is -1.77. The van der Waals surface area contributed by atoms with Crippen LogP contribution < -0.4 is 5.32 Å². The molecule has 1 amide bonds. The first-order chi connectivity index (χ1) is 12.0. The van der Waals surface area contributed by atoms with Gasteiger partial charge < -0.3 is 5.32 Å². The van der Waals surface area contributed by atoms with Crippen LogP contribution in [0.1, 0.15) is 25.7 Å². The monoisotopic (exact) mass is 382 g/mol. The number of nitrogens with one attached hydrogen (secondary N) is 1. The third kappa shape index (κ3) is 4.26. The molecule has 1 aromatic carbocycles. The molecule has 1 saturated heterocycles. The minimum atomic E-state index is -3.58. The maximum Gasteiger partial charge on any atom is 0.252 e. The molecule has 1 aliphatic rings. The second kappa shape index (κ2) is 7.63. The summed E-state index contributed by atoms with van der Waals surface area (Å²) >= 11 is 1.18. The summed E-state index contributed by atoms with van der Waals surface area (Å²) in [6.07, 6.45) is 2.36. The zero-order chi connectivity index (χ0) is 17.9. The van der Waals surface area contributed by atoms with Crippen molar-refractivity contribution in [2.75, 3.05) is 11.9 Å². The zero-order valence-electron chi connectivity index (χ0n) is 13.5. The molecule has 1 aliphatic heterocycles. The molecule has 25 heavy (non-hydrogen) atoms. The molecule has 0 radical (unpaired) electrons. The van der Waals surface area contributed by atoms with Gasteiger partial charge in [-0.05, 0) is 42.5 Å². The van der Waals surface area contributed by atoms with Gasteiger partial charge in [-0.15, -0.1) is 11.3 Å². The lowest BCUT2D eigenvalue weighted by molar-refractivity contribution is -0.117. The Bertz CT molecular complexity index is 837. The molecule has 1 N–H and O–H groups in total. The summed E-state index contributed by atoms with van der Waals surface area (Å²) in [6, 6.07) is 8.55. The summed E-state index contributed by atoms with van der Waals surface area (Å²) in [7, 11) is -3.58. The average molecular weight is 382 g/mol. The highest BCUT2D eigenvalue weighted by atomic mass is 32.2. The summed E-state index contributed by atoms with van der Waals surface area (Å²) in [4.78, 5) is 12.3. The van der Waals surface area contributed by atoms with Gasteiger partial charge in [-0.25, -0.2) is 12.8 Å². The fraction of sp³-hybridized carbons (Fsp3) is 0.353. The molecule has 1 atom stereocenters. The fourth-order valence-electron chi connectivity index (χ4n) is 3.01. The second-order valence-electron chi connectivity index (χ2n) is 5.96. The van der Waals surface area contributed by atoms with Crippen molar-refractivity contribution in [3.63, 3.8) is 0 Å². The van der Waals surface area contributed by atoms with Gasteiger partial charge in [0.05, 0.1) is 0 Å². The van der Waals surface area contributed by atoms with Crippen LogP contribution in [0.4, 0.5) is 10.1 Å². The maximum absolute atomic E-state index is 13.2. The average Bonchev–Trinajstić information content (AvgIpc) is 3.10. The molecule has 0 saturated carbocycles. The molecular weight excluding hydrogens is 363 g/mol. The lowest BCUT2D eigenvalue weighted by Crippen LogP contribution is -2.45. The molecule has 8 heteroatoms. The van der Waals surface area contributed by atoms with Crippen molar-refractivity contribution in [3.05, 3.63) is 47.6 Å². The Morgan fingerprint density at radius 2 is 2.12 bits per heavy atom. The number of halogens is 1. The standard InChI is InChI=1S/C17H19FN2O3S2/c18-13-5-3-6-14(11-13)19-16(21)12-15-7-1-2-9-20(15)25(22,23)17-8-4-10-24-17/h3-6,8,10-11,15H,1-2,7,9,12H2,(H,19,21)/t15-/m1/s1. The van der Waals surface area contributed by atoms with Crippen molar-refractivity contribution in [3.8, 4) is 0 Å². The predicted molar refractivity (Wildman–Crippen MR) is 95.5 cm³/mol. The van der Waals surface area contributed by atoms with Gasteiger partial charge in [-0.1, -0.05) is 18.6 Å². The van der Waals surface area contributed by atoms with Crippen LogP contribution in [0.3, 0.4) is 0 Å². The van der Waals surface area contributed by atoms with Gasteiger partial charge in [0, 0.05) is 24.7 Å². The molecule has 0 spiro atoms. The number of carbonyl (C=O) groups is 1. The third-order valence-corrected chi connectivity index (χ3v) is 7.49. The summed E-state index contributed by atoms with van der Waals surface area (Å²) in [6.45, 7) is 0.415. The Labute approximate surface area is 150 Å². The number of benzene rings is 1. The van der Waals surface area contributed by atoms with Gasteiger partial charge in [0.25, 0.3) is 10.0 Å². The van der Waals surface area contributed by atoms with E-state index in [-0.39, 0.29) is 18.4 Å². The van der Waals surface area contributed by atoms with E-state index in [9.17, 15) is 17.6 Å². The van der Waals surface area contributed by atoms with E-state index in [1.165, 1.54) is 33.8 Å². The Morgan fingerprint density at radius 3 is 2.84 bits per heavy atom. The molecule has 134 valence electrons. The number of thiophene rings is 1. The minimum Gasteiger partial charge on any atom is -0.326 e. The van der Waals surface area contributed by atoms with Gasteiger partial charge in [0.1, 0.15) is 10.0 Å². The molecule has 2 heterocycles. The van der Waals surface area contributed by atoms with Crippen molar-refractivity contribution in [1.29, 1.82) is 0 Å². The largest absolute Gasteiger partial charge is 0.326 e. The molecule has 2 aromatic rings. The summed E-state index contributed by atoms with van der Waals surface area (Å²) in [5, 5.41) is 4.36. The number of hydrogen-bond acceptors (Lipinski definition) is 4. The van der Waals surface area contributed by atoms with E-state index in [0.717, 1.165) is 12.8 Å². The molecule has 1 fully saturated rings. The van der Waals surface area contributed by atoms with Gasteiger partial charge in [0.2, 0.25) is 5.91 Å². The Kier molecular flexibility index (Phi) is 5.51. The quantitative estimate of drug-likeness (QED) is 0.861. The minimum absolute atomic E-state index is 0.0567. The number of nitrogens with zero attached hydrogens (tertiary/aromatic N) is 1. The van der Waals surface area contributed by atoms with E-state index in [1.807, 2.05) is 0 Å². The topological polar surface area (TPSA) is 66.5 Å². The van der Waals surface area contributed by atoms with Crippen LogP contribution >= 0.6 is 11.3 Å². The summed E-state index contributed by atoms with van der Waals surface area (Å²) in [5.41, 5.74) is 0.369. The normalized spacial score (nSPS) is 18.8. The van der Waals surface area contributed by atoms with E-state index in [2.05, 4.69) is 5.32 Å². The third-order valence-electron chi connectivity index (χ3n) is 4.16. The van der Waals surface area contributed by atoms with Crippen molar-refractivity contribution in [2.24, 2.45) is 0 Å². The van der Waals surface area contributed by atoms with Crippen LogP contribution in [-0.2, 0) is 14.8 Å². The van der Waals surface area contributed by atoms with Crippen LogP contribution in [0.5, 0.6) is 0 Å². The van der Waals surface area contributed by atoms with Crippen molar-refractivity contribution < 1.29 is 17.6 Å². The van der Waals surface area contributed by atoms with Crippen molar-refractivity contribution in [2.45, 2.75) is 35.9 Å². The Morgan fingerprint density at radius 1 is 1.28 bits per heavy atom. The molecular formula is C17H19FN2O3S2. The molecule has 0 aliphatic carbocycles. The molecule has 0 unspecified atom stereocenters. The van der Waals surface area contributed by atoms with Gasteiger partial charge >= 0.3 is 0 Å². The highest BCUT2D eigenvalue weighted by Gasteiger charge is 2.35. The van der Waals surface area contributed by atoms with Crippen LogP contribution in [-0.4, -0.2) is 31.2 Å². The summed E-state index contributed by atoms with van der Waals surface area (Å²) < 4.78 is 40.5. The van der Waals surface area contributed by atoms with Crippen LogP contribution in [0.15, 0.2) is 46.0 Å². The number of anilines is 1. The molecule has 1 aromatic heterocycles. The van der Waals surface area contributed by atoms with Crippen LogP contribution in [0, 0.1) is 5.82 Å². The molecule has 3 rings (SSSR count). The van der Waals surface area contributed by atoms with Crippen molar-refractivity contribution >= 4 is 33.0 Å². The highest BCUT2D eigenvalue weighted by molar-refractivity contribution is 7.91. The maximum atomic E-state index is 13.2. The van der Waals surface area contributed by atoms with Crippen LogP contribution in [0.2, 0.25) is 0 Å². The first-order valence-corrected chi connectivity index (χ1v) is 10.4. The van der Waals surface area contributed by atoms with E-state index in [4.69, 9.17) is 0 Å². The van der Waals surface area contributed by atoms with Gasteiger partial charge in [-0.2, -0.15) is 4.31 Å². The zero-order valence-corrected chi connectivity index (χ0v) is 15.2. The molecule has 5 nitrogen and oxygen atoms in total. The second-order valence-corrected chi connectivity index (χ2v) is 9.03. The first-order valence-electron chi connectivity index (χ1n) is 8.07. The SMILES string of the molecule is O=C(C[C@H]1CCCCN1S(=O)(=O)c1cccs1)Nc1cccc(F)c1. The van der Waals surface area contributed by atoms with E-state index in [0.29, 0.717) is 22.9 Å². The summed E-state index contributed by atoms with van der Waals surface area (Å²) in [5.74, 6) is -0.749. The lowest BCUT2D eigenvalue weighted by atomic mass is 10.0. The van der Waals surface area contributed by atoms with Gasteiger partial charge in [-0.3, -0.25) is 4.79 Å². The van der Waals surface area contributed by atoms with Gasteiger partial charge in [0.15, 0.2) is 0 Å².